The van der Waals surface area contributed by atoms with E-state index in [0.717, 1.165) is 35.3 Å². The average Bonchev–Trinajstić information content (AvgIpc) is 3.29. The highest BCUT2D eigenvalue weighted by molar-refractivity contribution is 5.95. The summed E-state index contributed by atoms with van der Waals surface area (Å²) in [6, 6.07) is 5.93. The first kappa shape index (κ1) is 18.7. The minimum atomic E-state index is -0.271. The molecule has 2 atom stereocenters. The fourth-order valence-electron chi connectivity index (χ4n) is 3.86. The number of nitrogens with zero attached hydrogens (tertiary/aromatic N) is 2. The van der Waals surface area contributed by atoms with Crippen LogP contribution in [0.25, 0.3) is 0 Å². The fourth-order valence-corrected chi connectivity index (χ4v) is 3.86. The van der Waals surface area contributed by atoms with Crippen LogP contribution in [0.5, 0.6) is 0 Å². The van der Waals surface area contributed by atoms with Gasteiger partial charge in [-0.05, 0) is 56.9 Å². The van der Waals surface area contributed by atoms with Gasteiger partial charge in [0, 0.05) is 42.2 Å². The molecule has 0 radical (unpaired) electrons. The maximum atomic E-state index is 12.9. The summed E-state index contributed by atoms with van der Waals surface area (Å²) < 4.78 is 7.74. The number of fused-ring (bicyclic) bond motifs is 1. The van der Waals surface area contributed by atoms with Crippen molar-refractivity contribution in [3.05, 3.63) is 41.7 Å². The number of rotatable bonds is 4. The Balaban J connectivity index is 1.48. The SMILES string of the molecule is CC(C)n1cc([C@@H]2OCC[C@H]2C(=O)Nc2ccc3c(c2)CCCC(=O)N3)cn1. The molecule has 2 aromatic rings. The number of carbonyl (C=O) groups excluding carboxylic acids is 2. The Morgan fingerprint density at radius 2 is 2.21 bits per heavy atom. The van der Waals surface area contributed by atoms with Crippen molar-refractivity contribution in [3.63, 3.8) is 0 Å². The van der Waals surface area contributed by atoms with Crippen LogP contribution in [0, 0.1) is 5.92 Å². The van der Waals surface area contributed by atoms with Crippen LogP contribution >= 0.6 is 0 Å². The first-order valence-electron chi connectivity index (χ1n) is 9.90. The normalized spacial score (nSPS) is 21.9. The van der Waals surface area contributed by atoms with Gasteiger partial charge in [0.1, 0.15) is 0 Å². The number of amides is 2. The standard InChI is InChI=1S/C21H26N4O3/c1-13(2)25-12-15(11-22-25)20-17(8-9-28-20)21(27)23-16-6-7-18-14(10-16)4-3-5-19(26)24-18/h6-7,10-13,17,20H,3-5,8-9H2,1-2H3,(H,23,27)(H,24,26)/t17-,20+/m1/s1. The van der Waals surface area contributed by atoms with E-state index in [2.05, 4.69) is 29.6 Å². The van der Waals surface area contributed by atoms with Gasteiger partial charge in [-0.25, -0.2) is 0 Å². The molecule has 2 aliphatic rings. The maximum absolute atomic E-state index is 12.9. The Hall–Kier alpha value is -2.67. The van der Waals surface area contributed by atoms with E-state index in [9.17, 15) is 9.59 Å². The van der Waals surface area contributed by atoms with E-state index in [-0.39, 0.29) is 29.9 Å². The third kappa shape index (κ3) is 3.80. The summed E-state index contributed by atoms with van der Waals surface area (Å²) in [5.74, 6) is -0.246. The van der Waals surface area contributed by atoms with E-state index in [1.54, 1.807) is 6.20 Å². The molecule has 0 aliphatic carbocycles. The van der Waals surface area contributed by atoms with Gasteiger partial charge in [0.15, 0.2) is 0 Å². The highest BCUT2D eigenvalue weighted by Crippen LogP contribution is 2.36. The van der Waals surface area contributed by atoms with Crippen molar-refractivity contribution in [1.29, 1.82) is 0 Å². The Morgan fingerprint density at radius 1 is 1.36 bits per heavy atom. The zero-order valence-corrected chi connectivity index (χ0v) is 16.3. The van der Waals surface area contributed by atoms with Crippen molar-refractivity contribution in [3.8, 4) is 0 Å². The summed E-state index contributed by atoms with van der Waals surface area (Å²) in [6.45, 7) is 4.69. The van der Waals surface area contributed by atoms with E-state index >= 15 is 0 Å². The molecule has 148 valence electrons. The Kier molecular flexibility index (Phi) is 5.17. The second-order valence-corrected chi connectivity index (χ2v) is 7.80. The van der Waals surface area contributed by atoms with Crippen molar-refractivity contribution >= 4 is 23.2 Å². The molecule has 4 rings (SSSR count). The van der Waals surface area contributed by atoms with Crippen LogP contribution in [0.4, 0.5) is 11.4 Å². The third-order valence-electron chi connectivity index (χ3n) is 5.40. The lowest BCUT2D eigenvalue weighted by atomic mass is 9.96. The van der Waals surface area contributed by atoms with Crippen molar-refractivity contribution in [2.75, 3.05) is 17.2 Å². The van der Waals surface area contributed by atoms with Gasteiger partial charge in [-0.15, -0.1) is 0 Å². The number of aryl methyl sites for hydroxylation is 1. The average molecular weight is 382 g/mol. The largest absolute Gasteiger partial charge is 0.373 e. The molecule has 2 aliphatic heterocycles. The number of benzene rings is 1. The van der Waals surface area contributed by atoms with Crippen LogP contribution in [0.2, 0.25) is 0 Å². The van der Waals surface area contributed by atoms with Crippen LogP contribution in [-0.4, -0.2) is 28.2 Å². The summed E-state index contributed by atoms with van der Waals surface area (Å²) in [4.78, 5) is 24.6. The Bertz CT molecular complexity index is 890. The molecule has 0 saturated carbocycles. The molecule has 7 heteroatoms. The molecule has 0 spiro atoms. The van der Waals surface area contributed by atoms with Gasteiger partial charge in [0.2, 0.25) is 11.8 Å². The second-order valence-electron chi connectivity index (χ2n) is 7.80. The summed E-state index contributed by atoms with van der Waals surface area (Å²) in [5.41, 5.74) is 3.59. The number of anilines is 2. The van der Waals surface area contributed by atoms with Gasteiger partial charge in [-0.3, -0.25) is 14.3 Å². The van der Waals surface area contributed by atoms with Crippen LogP contribution < -0.4 is 10.6 Å². The minimum absolute atomic E-state index is 0.0441. The predicted octanol–water partition coefficient (Wildman–Crippen LogP) is 3.46. The van der Waals surface area contributed by atoms with E-state index in [1.165, 1.54) is 0 Å². The summed E-state index contributed by atoms with van der Waals surface area (Å²) in [5, 5.41) is 10.3. The Morgan fingerprint density at radius 3 is 3.00 bits per heavy atom. The highest BCUT2D eigenvalue weighted by Gasteiger charge is 2.36. The fraction of sp³-hybridized carbons (Fsp3) is 0.476. The lowest BCUT2D eigenvalue weighted by Gasteiger charge is -2.18. The Labute approximate surface area is 164 Å². The number of ether oxygens (including phenoxy) is 1. The molecular weight excluding hydrogens is 356 g/mol. The van der Waals surface area contributed by atoms with Crippen molar-refractivity contribution in [2.24, 2.45) is 5.92 Å². The molecule has 3 heterocycles. The van der Waals surface area contributed by atoms with E-state index < -0.39 is 0 Å². The molecule has 1 aromatic carbocycles. The van der Waals surface area contributed by atoms with Gasteiger partial charge < -0.3 is 15.4 Å². The van der Waals surface area contributed by atoms with Crippen LogP contribution in [-0.2, 0) is 20.7 Å². The summed E-state index contributed by atoms with van der Waals surface area (Å²) in [6.07, 6.45) is 6.34. The monoisotopic (exact) mass is 382 g/mol. The molecule has 1 aromatic heterocycles. The topological polar surface area (TPSA) is 85.2 Å². The third-order valence-corrected chi connectivity index (χ3v) is 5.40. The molecule has 2 N–H and O–H groups in total. The molecule has 0 unspecified atom stereocenters. The predicted molar refractivity (Wildman–Crippen MR) is 106 cm³/mol. The number of aromatic nitrogens is 2. The summed E-state index contributed by atoms with van der Waals surface area (Å²) >= 11 is 0. The minimum Gasteiger partial charge on any atom is -0.373 e. The zero-order chi connectivity index (χ0) is 19.7. The number of hydrogen-bond donors (Lipinski definition) is 2. The quantitative estimate of drug-likeness (QED) is 0.848. The van der Waals surface area contributed by atoms with E-state index in [1.807, 2.05) is 29.1 Å². The van der Waals surface area contributed by atoms with E-state index in [4.69, 9.17) is 4.74 Å². The van der Waals surface area contributed by atoms with Crippen LogP contribution in [0.15, 0.2) is 30.6 Å². The van der Waals surface area contributed by atoms with Gasteiger partial charge in [-0.2, -0.15) is 5.10 Å². The van der Waals surface area contributed by atoms with Crippen molar-refractivity contribution < 1.29 is 14.3 Å². The second kappa shape index (κ2) is 7.75. The first-order chi connectivity index (χ1) is 13.5. The smallest absolute Gasteiger partial charge is 0.230 e. The van der Waals surface area contributed by atoms with Crippen molar-refractivity contribution in [2.45, 2.75) is 51.7 Å². The maximum Gasteiger partial charge on any atom is 0.230 e. The zero-order valence-electron chi connectivity index (χ0n) is 16.3. The molecular formula is C21H26N4O3. The highest BCUT2D eigenvalue weighted by atomic mass is 16.5. The molecule has 7 nitrogen and oxygen atoms in total. The first-order valence-corrected chi connectivity index (χ1v) is 9.90. The van der Waals surface area contributed by atoms with Gasteiger partial charge >= 0.3 is 0 Å². The lowest BCUT2D eigenvalue weighted by Crippen LogP contribution is -2.25. The van der Waals surface area contributed by atoms with Crippen LogP contribution in [0.1, 0.15) is 56.4 Å². The van der Waals surface area contributed by atoms with E-state index in [0.29, 0.717) is 19.4 Å². The summed E-state index contributed by atoms with van der Waals surface area (Å²) in [7, 11) is 0. The molecule has 1 saturated heterocycles. The van der Waals surface area contributed by atoms with Gasteiger partial charge in [0.25, 0.3) is 0 Å². The number of hydrogen-bond acceptors (Lipinski definition) is 4. The van der Waals surface area contributed by atoms with Crippen LogP contribution in [0.3, 0.4) is 0 Å². The van der Waals surface area contributed by atoms with Gasteiger partial charge in [0.05, 0.1) is 18.2 Å². The molecule has 0 bridgehead atoms. The number of nitrogens with one attached hydrogen (secondary N) is 2. The van der Waals surface area contributed by atoms with Gasteiger partial charge in [-0.1, -0.05) is 0 Å². The lowest BCUT2D eigenvalue weighted by molar-refractivity contribution is -0.121. The molecule has 2 amide bonds. The number of carbonyl (C=O) groups is 2. The molecule has 1 fully saturated rings. The van der Waals surface area contributed by atoms with Crippen molar-refractivity contribution in [1.82, 2.24) is 9.78 Å². The molecule has 28 heavy (non-hydrogen) atoms.